The first-order valence-corrected chi connectivity index (χ1v) is 4.48. The molecule has 0 bridgehead atoms. The van der Waals surface area contributed by atoms with E-state index < -0.39 is 0 Å². The Morgan fingerprint density at radius 2 is 2.42 bits per heavy atom. The number of carbonyl (C=O) groups excluding carboxylic acids is 1. The molecule has 0 aromatic rings. The largest absolute Gasteiger partial charge is 0.334 e. The van der Waals surface area contributed by atoms with Crippen molar-refractivity contribution in [3.63, 3.8) is 0 Å². The molecule has 0 aromatic heterocycles. The van der Waals surface area contributed by atoms with Crippen LogP contribution in [0, 0.1) is 0 Å². The second kappa shape index (κ2) is 2.90. The van der Waals surface area contributed by atoms with Gasteiger partial charge < -0.3 is 10.2 Å². The Bertz CT molecular complexity index is 219. The topological polar surface area (TPSA) is 32.3 Å². The Kier molecular flexibility index (Phi) is 1.89. The number of nitrogens with one attached hydrogen (secondary N) is 1. The van der Waals surface area contributed by atoms with E-state index in [2.05, 4.69) is 11.9 Å². The van der Waals surface area contributed by atoms with Crippen molar-refractivity contribution in [3.05, 3.63) is 12.2 Å². The summed E-state index contributed by atoms with van der Waals surface area (Å²) in [6.45, 7) is 6.62. The zero-order valence-corrected chi connectivity index (χ0v) is 7.18. The minimum Gasteiger partial charge on any atom is -0.334 e. The fourth-order valence-electron chi connectivity index (χ4n) is 1.92. The predicted molar refractivity (Wildman–Crippen MR) is 46.7 cm³/mol. The highest BCUT2D eigenvalue weighted by Gasteiger charge is 2.31. The molecule has 0 aromatic carbocycles. The molecular formula is C9H14N2O. The third-order valence-corrected chi connectivity index (χ3v) is 2.69. The van der Waals surface area contributed by atoms with E-state index in [1.54, 1.807) is 0 Å². The van der Waals surface area contributed by atoms with Gasteiger partial charge in [-0.3, -0.25) is 4.79 Å². The molecule has 0 spiro atoms. The first kappa shape index (κ1) is 7.80. The van der Waals surface area contributed by atoms with E-state index in [1.807, 2.05) is 4.90 Å². The first-order chi connectivity index (χ1) is 5.79. The molecule has 0 aliphatic carbocycles. The molecule has 2 saturated heterocycles. The zero-order chi connectivity index (χ0) is 8.55. The molecule has 3 nitrogen and oxygen atoms in total. The first-order valence-electron chi connectivity index (χ1n) is 4.48. The van der Waals surface area contributed by atoms with Crippen molar-refractivity contribution in [3.8, 4) is 0 Å². The smallest absolute Gasteiger partial charge is 0.249 e. The SMILES string of the molecule is C=C1CCN([C@H]2CCNC2)C1=O. The number of hydrogen-bond acceptors (Lipinski definition) is 2. The summed E-state index contributed by atoms with van der Waals surface area (Å²) >= 11 is 0. The summed E-state index contributed by atoms with van der Waals surface area (Å²) < 4.78 is 0. The quantitative estimate of drug-likeness (QED) is 0.562. The van der Waals surface area contributed by atoms with Crippen LogP contribution in [0.15, 0.2) is 12.2 Å². The molecule has 2 aliphatic rings. The van der Waals surface area contributed by atoms with E-state index in [0.29, 0.717) is 6.04 Å². The van der Waals surface area contributed by atoms with Gasteiger partial charge in [0.1, 0.15) is 0 Å². The van der Waals surface area contributed by atoms with Crippen LogP contribution in [-0.4, -0.2) is 36.5 Å². The highest BCUT2D eigenvalue weighted by Crippen LogP contribution is 2.20. The van der Waals surface area contributed by atoms with E-state index in [1.165, 1.54) is 0 Å². The molecule has 1 atom stereocenters. The molecule has 12 heavy (non-hydrogen) atoms. The summed E-state index contributed by atoms with van der Waals surface area (Å²) in [5.74, 6) is 0.170. The van der Waals surface area contributed by atoms with Gasteiger partial charge in [0.25, 0.3) is 0 Å². The van der Waals surface area contributed by atoms with Crippen LogP contribution < -0.4 is 5.32 Å². The van der Waals surface area contributed by atoms with E-state index in [9.17, 15) is 4.79 Å². The van der Waals surface area contributed by atoms with Crippen molar-refractivity contribution < 1.29 is 4.79 Å². The number of likely N-dealkylation sites (tertiary alicyclic amines) is 1. The maximum atomic E-state index is 11.5. The number of rotatable bonds is 1. The highest BCUT2D eigenvalue weighted by molar-refractivity contribution is 5.95. The monoisotopic (exact) mass is 166 g/mol. The molecule has 0 radical (unpaired) electrons. The summed E-state index contributed by atoms with van der Waals surface area (Å²) in [6, 6.07) is 0.428. The maximum Gasteiger partial charge on any atom is 0.249 e. The molecule has 2 aliphatic heterocycles. The van der Waals surface area contributed by atoms with E-state index >= 15 is 0 Å². The van der Waals surface area contributed by atoms with Gasteiger partial charge in [-0.1, -0.05) is 6.58 Å². The molecule has 1 N–H and O–H groups in total. The standard InChI is InChI=1S/C9H14N2O/c1-7-3-5-11(9(7)12)8-2-4-10-6-8/h8,10H,1-6H2/t8-/m0/s1. The Morgan fingerprint density at radius 1 is 1.58 bits per heavy atom. The van der Waals surface area contributed by atoms with Crippen molar-refractivity contribution in [1.29, 1.82) is 0 Å². The van der Waals surface area contributed by atoms with Gasteiger partial charge >= 0.3 is 0 Å². The second-order valence-electron chi connectivity index (χ2n) is 3.50. The molecular weight excluding hydrogens is 152 g/mol. The van der Waals surface area contributed by atoms with Crippen LogP contribution >= 0.6 is 0 Å². The molecule has 3 heteroatoms. The van der Waals surface area contributed by atoms with E-state index in [4.69, 9.17) is 0 Å². The number of nitrogens with zero attached hydrogens (tertiary/aromatic N) is 1. The summed E-state index contributed by atoms with van der Waals surface area (Å²) in [7, 11) is 0. The fraction of sp³-hybridized carbons (Fsp3) is 0.667. The Balaban J connectivity index is 2.04. The lowest BCUT2D eigenvalue weighted by molar-refractivity contribution is -0.126. The number of amides is 1. The number of carbonyl (C=O) groups is 1. The van der Waals surface area contributed by atoms with Gasteiger partial charge in [-0.05, 0) is 19.4 Å². The van der Waals surface area contributed by atoms with Crippen LogP contribution in [0.1, 0.15) is 12.8 Å². The minimum atomic E-state index is 0.170. The van der Waals surface area contributed by atoms with E-state index in [-0.39, 0.29) is 5.91 Å². The summed E-state index contributed by atoms with van der Waals surface area (Å²) in [6.07, 6.45) is 1.95. The van der Waals surface area contributed by atoms with Gasteiger partial charge in [0.15, 0.2) is 0 Å². The van der Waals surface area contributed by atoms with Gasteiger partial charge in [0, 0.05) is 24.7 Å². The lowest BCUT2D eigenvalue weighted by atomic mass is 10.2. The van der Waals surface area contributed by atoms with Crippen molar-refractivity contribution in [2.75, 3.05) is 19.6 Å². The molecule has 0 unspecified atom stereocenters. The Labute approximate surface area is 72.4 Å². The van der Waals surface area contributed by atoms with Crippen LogP contribution in [0.3, 0.4) is 0 Å². The predicted octanol–water partition coefficient (Wildman–Crippen LogP) is 0.137. The van der Waals surface area contributed by atoms with Gasteiger partial charge in [-0.2, -0.15) is 0 Å². The van der Waals surface area contributed by atoms with Gasteiger partial charge in [-0.25, -0.2) is 0 Å². The van der Waals surface area contributed by atoms with Gasteiger partial charge in [0.05, 0.1) is 0 Å². The molecule has 2 heterocycles. The molecule has 66 valence electrons. The van der Waals surface area contributed by atoms with Crippen molar-refractivity contribution >= 4 is 5.91 Å². The van der Waals surface area contributed by atoms with Crippen LogP contribution in [-0.2, 0) is 4.79 Å². The Hall–Kier alpha value is -0.830. The lowest BCUT2D eigenvalue weighted by Gasteiger charge is -2.22. The van der Waals surface area contributed by atoms with Crippen molar-refractivity contribution in [2.24, 2.45) is 0 Å². The molecule has 2 rings (SSSR count). The van der Waals surface area contributed by atoms with Gasteiger partial charge in [-0.15, -0.1) is 0 Å². The van der Waals surface area contributed by atoms with Crippen LogP contribution in [0.25, 0.3) is 0 Å². The average molecular weight is 166 g/mol. The van der Waals surface area contributed by atoms with Crippen molar-refractivity contribution in [1.82, 2.24) is 10.2 Å². The highest BCUT2D eigenvalue weighted by atomic mass is 16.2. The zero-order valence-electron chi connectivity index (χ0n) is 7.18. The lowest BCUT2D eigenvalue weighted by Crippen LogP contribution is -2.37. The van der Waals surface area contributed by atoms with Crippen LogP contribution in [0.5, 0.6) is 0 Å². The minimum absolute atomic E-state index is 0.170. The average Bonchev–Trinajstić information content (AvgIpc) is 2.64. The second-order valence-corrected chi connectivity index (χ2v) is 3.50. The third-order valence-electron chi connectivity index (χ3n) is 2.69. The van der Waals surface area contributed by atoms with Gasteiger partial charge in [0.2, 0.25) is 5.91 Å². The number of hydrogen-bond donors (Lipinski definition) is 1. The fourth-order valence-corrected chi connectivity index (χ4v) is 1.92. The Morgan fingerprint density at radius 3 is 2.92 bits per heavy atom. The summed E-state index contributed by atoms with van der Waals surface area (Å²) in [5, 5.41) is 3.26. The third kappa shape index (κ3) is 1.14. The maximum absolute atomic E-state index is 11.5. The van der Waals surface area contributed by atoms with Crippen LogP contribution in [0.2, 0.25) is 0 Å². The van der Waals surface area contributed by atoms with Crippen LogP contribution in [0.4, 0.5) is 0 Å². The normalized spacial score (nSPS) is 30.3. The van der Waals surface area contributed by atoms with Crippen molar-refractivity contribution in [2.45, 2.75) is 18.9 Å². The molecule has 2 fully saturated rings. The summed E-state index contributed by atoms with van der Waals surface area (Å²) in [4.78, 5) is 13.5. The molecule has 0 saturated carbocycles. The van der Waals surface area contributed by atoms with E-state index in [0.717, 1.165) is 38.0 Å². The summed E-state index contributed by atoms with van der Waals surface area (Å²) in [5.41, 5.74) is 0.780. The molecule has 1 amide bonds.